The Kier molecular flexibility index (Phi) is 4.33. The Morgan fingerprint density at radius 3 is 2.69 bits per heavy atom. The summed E-state index contributed by atoms with van der Waals surface area (Å²) < 4.78 is 16.8. The van der Waals surface area contributed by atoms with Crippen molar-refractivity contribution in [3.05, 3.63) is 28.8 Å². The predicted octanol–water partition coefficient (Wildman–Crippen LogP) is 3.43. The average Bonchev–Trinajstić information content (AvgIpc) is 2.16. The first kappa shape index (κ1) is 10.6. The SMILES string of the molecule is FCCOc1ccc(CCl)cc1Cl. The summed E-state index contributed by atoms with van der Waals surface area (Å²) in [6.45, 7) is -0.493. The molecule has 0 aliphatic heterocycles. The second-order valence-corrected chi connectivity index (χ2v) is 3.11. The van der Waals surface area contributed by atoms with E-state index in [1.807, 2.05) is 0 Å². The summed E-state index contributed by atoms with van der Waals surface area (Å²) in [7, 11) is 0. The van der Waals surface area contributed by atoms with Crippen molar-refractivity contribution in [2.75, 3.05) is 13.3 Å². The average molecular weight is 223 g/mol. The minimum atomic E-state index is -0.520. The fourth-order valence-corrected chi connectivity index (χ4v) is 1.32. The molecule has 72 valence electrons. The zero-order chi connectivity index (χ0) is 9.68. The normalized spacial score (nSPS) is 10.1. The predicted molar refractivity (Wildman–Crippen MR) is 52.5 cm³/mol. The van der Waals surface area contributed by atoms with Crippen LogP contribution in [0.1, 0.15) is 5.56 Å². The maximum absolute atomic E-state index is 11.8. The molecule has 0 bridgehead atoms. The maximum Gasteiger partial charge on any atom is 0.138 e. The molecular weight excluding hydrogens is 214 g/mol. The summed E-state index contributed by atoms with van der Waals surface area (Å²) in [6.07, 6.45) is 0. The zero-order valence-electron chi connectivity index (χ0n) is 6.90. The van der Waals surface area contributed by atoms with E-state index in [-0.39, 0.29) is 6.61 Å². The van der Waals surface area contributed by atoms with E-state index in [0.717, 1.165) is 5.56 Å². The van der Waals surface area contributed by atoms with Crippen LogP contribution in [0.4, 0.5) is 4.39 Å². The summed E-state index contributed by atoms with van der Waals surface area (Å²) in [5.74, 6) is 0.900. The van der Waals surface area contributed by atoms with Gasteiger partial charge in [0.15, 0.2) is 0 Å². The molecule has 1 aromatic rings. The molecule has 0 N–H and O–H groups in total. The lowest BCUT2D eigenvalue weighted by Gasteiger charge is -2.06. The topological polar surface area (TPSA) is 9.23 Å². The molecule has 0 heterocycles. The Hall–Kier alpha value is -0.470. The minimum Gasteiger partial charge on any atom is -0.489 e. The molecule has 0 saturated carbocycles. The summed E-state index contributed by atoms with van der Waals surface area (Å²) in [4.78, 5) is 0. The van der Waals surface area contributed by atoms with E-state index in [4.69, 9.17) is 27.9 Å². The highest BCUT2D eigenvalue weighted by Gasteiger charge is 2.01. The van der Waals surface area contributed by atoms with E-state index in [1.54, 1.807) is 18.2 Å². The third-order valence-electron chi connectivity index (χ3n) is 1.49. The van der Waals surface area contributed by atoms with Gasteiger partial charge in [-0.3, -0.25) is 0 Å². The molecule has 0 saturated heterocycles. The van der Waals surface area contributed by atoms with Crippen LogP contribution in [-0.4, -0.2) is 13.3 Å². The summed E-state index contributed by atoms with van der Waals surface area (Å²) in [5.41, 5.74) is 0.916. The smallest absolute Gasteiger partial charge is 0.138 e. The van der Waals surface area contributed by atoms with E-state index < -0.39 is 6.67 Å². The monoisotopic (exact) mass is 222 g/mol. The quantitative estimate of drug-likeness (QED) is 0.710. The van der Waals surface area contributed by atoms with Gasteiger partial charge < -0.3 is 4.74 Å². The van der Waals surface area contributed by atoms with Crippen molar-refractivity contribution in [2.24, 2.45) is 0 Å². The van der Waals surface area contributed by atoms with Crippen LogP contribution in [0.25, 0.3) is 0 Å². The van der Waals surface area contributed by atoms with Crippen molar-refractivity contribution in [1.29, 1.82) is 0 Å². The van der Waals surface area contributed by atoms with Crippen LogP contribution in [0.15, 0.2) is 18.2 Å². The molecule has 0 unspecified atom stereocenters. The number of halogens is 3. The van der Waals surface area contributed by atoms with Crippen LogP contribution in [0, 0.1) is 0 Å². The summed E-state index contributed by atoms with van der Waals surface area (Å²) in [6, 6.07) is 5.20. The maximum atomic E-state index is 11.8. The highest BCUT2D eigenvalue weighted by molar-refractivity contribution is 6.32. The van der Waals surface area contributed by atoms with E-state index >= 15 is 0 Å². The lowest BCUT2D eigenvalue weighted by Crippen LogP contribution is -1.99. The fraction of sp³-hybridized carbons (Fsp3) is 0.333. The van der Waals surface area contributed by atoms with Gasteiger partial charge in [0, 0.05) is 5.88 Å². The lowest BCUT2D eigenvalue weighted by molar-refractivity contribution is 0.273. The molecule has 4 heteroatoms. The van der Waals surface area contributed by atoms with Gasteiger partial charge in [-0.15, -0.1) is 11.6 Å². The molecule has 0 fully saturated rings. The zero-order valence-corrected chi connectivity index (χ0v) is 8.41. The number of benzene rings is 1. The van der Waals surface area contributed by atoms with Gasteiger partial charge >= 0.3 is 0 Å². The molecule has 1 nitrogen and oxygen atoms in total. The Labute approximate surface area is 86.4 Å². The molecule has 0 aliphatic carbocycles. The minimum absolute atomic E-state index is 0.0277. The van der Waals surface area contributed by atoms with Crippen molar-refractivity contribution in [3.63, 3.8) is 0 Å². The number of hydrogen-bond donors (Lipinski definition) is 0. The van der Waals surface area contributed by atoms with Gasteiger partial charge in [-0.1, -0.05) is 17.7 Å². The van der Waals surface area contributed by atoms with Gasteiger partial charge in [0.1, 0.15) is 19.0 Å². The van der Waals surface area contributed by atoms with Crippen molar-refractivity contribution in [3.8, 4) is 5.75 Å². The van der Waals surface area contributed by atoms with Crippen LogP contribution < -0.4 is 4.74 Å². The first-order chi connectivity index (χ1) is 6.27. The number of rotatable bonds is 4. The first-order valence-electron chi connectivity index (χ1n) is 3.81. The van der Waals surface area contributed by atoms with Crippen LogP contribution in [-0.2, 0) is 5.88 Å². The highest BCUT2D eigenvalue weighted by Crippen LogP contribution is 2.25. The van der Waals surface area contributed by atoms with Gasteiger partial charge in [-0.2, -0.15) is 0 Å². The van der Waals surface area contributed by atoms with Gasteiger partial charge in [0.25, 0.3) is 0 Å². The Bertz CT molecular complexity index is 278. The molecule has 0 aromatic heterocycles. The largest absolute Gasteiger partial charge is 0.489 e. The van der Waals surface area contributed by atoms with E-state index in [1.165, 1.54) is 0 Å². The van der Waals surface area contributed by atoms with Crippen molar-refractivity contribution in [1.82, 2.24) is 0 Å². The van der Waals surface area contributed by atoms with Crippen LogP contribution >= 0.6 is 23.2 Å². The molecule has 0 aliphatic rings. The number of alkyl halides is 2. The Morgan fingerprint density at radius 1 is 1.38 bits per heavy atom. The molecule has 0 atom stereocenters. The molecule has 1 rings (SSSR count). The molecule has 0 amide bonds. The van der Waals surface area contributed by atoms with Crippen LogP contribution in [0.3, 0.4) is 0 Å². The van der Waals surface area contributed by atoms with E-state index in [9.17, 15) is 4.39 Å². The summed E-state index contributed by atoms with van der Waals surface area (Å²) in [5, 5.41) is 0.464. The molecular formula is C9H9Cl2FO. The Morgan fingerprint density at radius 2 is 2.15 bits per heavy atom. The second-order valence-electron chi connectivity index (χ2n) is 2.44. The lowest BCUT2D eigenvalue weighted by atomic mass is 10.2. The standard InChI is InChI=1S/C9H9Cl2FO/c10-6-7-1-2-9(8(11)5-7)13-4-3-12/h1-2,5H,3-4,6H2. The van der Waals surface area contributed by atoms with E-state index in [0.29, 0.717) is 16.7 Å². The van der Waals surface area contributed by atoms with Crippen LogP contribution in [0.2, 0.25) is 5.02 Å². The third kappa shape index (κ3) is 3.05. The molecule has 1 aromatic carbocycles. The highest BCUT2D eigenvalue weighted by atomic mass is 35.5. The third-order valence-corrected chi connectivity index (χ3v) is 2.09. The molecule has 0 radical (unpaired) electrons. The van der Waals surface area contributed by atoms with Crippen molar-refractivity contribution >= 4 is 23.2 Å². The van der Waals surface area contributed by atoms with Gasteiger partial charge in [-0.25, -0.2) is 4.39 Å². The fourth-order valence-electron chi connectivity index (χ4n) is 0.893. The van der Waals surface area contributed by atoms with Gasteiger partial charge in [0.05, 0.1) is 5.02 Å². The van der Waals surface area contributed by atoms with Gasteiger partial charge in [-0.05, 0) is 17.7 Å². The molecule has 0 spiro atoms. The van der Waals surface area contributed by atoms with Crippen molar-refractivity contribution < 1.29 is 9.13 Å². The number of ether oxygens (including phenoxy) is 1. The van der Waals surface area contributed by atoms with E-state index in [2.05, 4.69) is 0 Å². The summed E-state index contributed by atoms with van der Waals surface area (Å²) >= 11 is 11.4. The number of hydrogen-bond acceptors (Lipinski definition) is 1. The Balaban J connectivity index is 2.73. The first-order valence-corrected chi connectivity index (χ1v) is 4.72. The van der Waals surface area contributed by atoms with Crippen LogP contribution in [0.5, 0.6) is 5.75 Å². The van der Waals surface area contributed by atoms with Crippen molar-refractivity contribution in [2.45, 2.75) is 5.88 Å². The molecule has 13 heavy (non-hydrogen) atoms. The second kappa shape index (κ2) is 5.30. The van der Waals surface area contributed by atoms with Gasteiger partial charge in [0.2, 0.25) is 0 Å².